The van der Waals surface area contributed by atoms with Gasteiger partial charge in [-0.15, -0.1) is 0 Å². The van der Waals surface area contributed by atoms with E-state index in [0.717, 1.165) is 44.1 Å². The smallest absolute Gasteiger partial charge is 0.191 e. The Balaban J connectivity index is 1.79. The van der Waals surface area contributed by atoms with Crippen molar-refractivity contribution in [1.82, 2.24) is 20.8 Å². The number of hydrogen-bond acceptors (Lipinski definition) is 2. The lowest BCUT2D eigenvalue weighted by Crippen LogP contribution is -2.38. The van der Waals surface area contributed by atoms with Crippen LogP contribution in [0.15, 0.2) is 41.5 Å². The number of H-pyrrole nitrogens is 1. The second-order valence-corrected chi connectivity index (χ2v) is 6.08. The van der Waals surface area contributed by atoms with Gasteiger partial charge in [-0.2, -0.15) is 5.10 Å². The first kappa shape index (κ1) is 18.0. The molecule has 0 saturated heterocycles. The summed E-state index contributed by atoms with van der Waals surface area (Å²) < 4.78 is 0. The van der Waals surface area contributed by atoms with Crippen LogP contribution in [0.1, 0.15) is 43.0 Å². The van der Waals surface area contributed by atoms with E-state index in [4.69, 9.17) is 4.99 Å². The summed E-state index contributed by atoms with van der Waals surface area (Å²) in [5, 5.41) is 13.8. The van der Waals surface area contributed by atoms with Gasteiger partial charge < -0.3 is 10.6 Å². The number of aromatic amines is 1. The van der Waals surface area contributed by atoms with E-state index < -0.39 is 0 Å². The van der Waals surface area contributed by atoms with Crippen molar-refractivity contribution in [1.29, 1.82) is 0 Å². The Morgan fingerprint density at radius 3 is 2.71 bits per heavy atom. The highest BCUT2D eigenvalue weighted by molar-refractivity contribution is 5.79. The Hall–Kier alpha value is -2.30. The number of rotatable bonds is 8. The molecule has 0 amide bonds. The van der Waals surface area contributed by atoms with Gasteiger partial charge in [0.05, 0.1) is 6.20 Å². The first-order valence-electron chi connectivity index (χ1n) is 8.76. The zero-order valence-corrected chi connectivity index (χ0v) is 15.0. The Bertz CT molecular complexity index is 618. The summed E-state index contributed by atoms with van der Waals surface area (Å²) in [5.74, 6) is 1.31. The van der Waals surface area contributed by atoms with Crippen molar-refractivity contribution in [2.45, 2.75) is 39.5 Å². The summed E-state index contributed by atoms with van der Waals surface area (Å²) in [6.07, 6.45) is 3.99. The zero-order chi connectivity index (χ0) is 17.2. The molecule has 1 aromatic heterocycles. The standard InChI is InChI=1S/C19H29N5/c1-4-20-19(21-12-8-11-18-14-23-24-16(18)3)22-13-15(2)17-9-6-5-7-10-17/h5-7,9-10,14-15H,4,8,11-13H2,1-3H3,(H,23,24)(H2,20,21,22). The van der Waals surface area contributed by atoms with Crippen molar-refractivity contribution < 1.29 is 0 Å². The number of guanidine groups is 1. The monoisotopic (exact) mass is 327 g/mol. The molecule has 130 valence electrons. The molecule has 1 heterocycles. The van der Waals surface area contributed by atoms with E-state index in [1.165, 1.54) is 11.1 Å². The predicted octanol–water partition coefficient (Wildman–Crippen LogP) is 3.01. The van der Waals surface area contributed by atoms with E-state index >= 15 is 0 Å². The van der Waals surface area contributed by atoms with Crippen LogP contribution >= 0.6 is 0 Å². The average Bonchev–Trinajstić information content (AvgIpc) is 3.02. The number of aryl methyl sites for hydroxylation is 2. The second-order valence-electron chi connectivity index (χ2n) is 6.08. The minimum Gasteiger partial charge on any atom is -0.357 e. The Morgan fingerprint density at radius 1 is 1.25 bits per heavy atom. The molecule has 5 nitrogen and oxygen atoms in total. The van der Waals surface area contributed by atoms with Gasteiger partial charge >= 0.3 is 0 Å². The molecule has 5 heteroatoms. The van der Waals surface area contributed by atoms with Crippen molar-refractivity contribution >= 4 is 5.96 Å². The lowest BCUT2D eigenvalue weighted by molar-refractivity contribution is 0.723. The number of benzene rings is 1. The highest BCUT2D eigenvalue weighted by atomic mass is 15.2. The summed E-state index contributed by atoms with van der Waals surface area (Å²) in [7, 11) is 0. The molecule has 0 spiro atoms. The van der Waals surface area contributed by atoms with E-state index in [-0.39, 0.29) is 0 Å². The van der Waals surface area contributed by atoms with Gasteiger partial charge in [0, 0.05) is 31.2 Å². The third kappa shape index (κ3) is 5.72. The SMILES string of the molecule is CCNC(=NCC(C)c1ccccc1)NCCCc1cn[nH]c1C. The molecule has 1 aromatic carbocycles. The normalized spacial score (nSPS) is 12.9. The molecule has 0 aliphatic carbocycles. The molecule has 1 unspecified atom stereocenters. The van der Waals surface area contributed by atoms with Crippen LogP contribution in [0.5, 0.6) is 0 Å². The third-order valence-electron chi connectivity index (χ3n) is 4.09. The molecule has 0 fully saturated rings. The molecule has 0 aliphatic heterocycles. The Kier molecular flexibility index (Phi) is 7.33. The van der Waals surface area contributed by atoms with Crippen LogP contribution in [-0.4, -0.2) is 35.8 Å². The largest absolute Gasteiger partial charge is 0.357 e. The van der Waals surface area contributed by atoms with Crippen LogP contribution in [0, 0.1) is 6.92 Å². The van der Waals surface area contributed by atoms with E-state index in [1.807, 2.05) is 12.3 Å². The van der Waals surface area contributed by atoms with Crippen molar-refractivity contribution in [2.75, 3.05) is 19.6 Å². The maximum atomic E-state index is 4.72. The molecule has 0 radical (unpaired) electrons. The quantitative estimate of drug-likeness (QED) is 0.397. The summed E-state index contributed by atoms with van der Waals surface area (Å²) in [6.45, 7) is 8.91. The van der Waals surface area contributed by atoms with Gasteiger partial charge in [0.1, 0.15) is 0 Å². The summed E-state index contributed by atoms with van der Waals surface area (Å²) in [4.78, 5) is 4.72. The zero-order valence-electron chi connectivity index (χ0n) is 15.0. The molecule has 2 aromatic rings. The van der Waals surface area contributed by atoms with Crippen LogP contribution in [0.25, 0.3) is 0 Å². The molecule has 0 aliphatic rings. The lowest BCUT2D eigenvalue weighted by atomic mass is 10.0. The summed E-state index contributed by atoms with van der Waals surface area (Å²) in [5.41, 5.74) is 3.77. The number of nitrogens with one attached hydrogen (secondary N) is 3. The first-order chi connectivity index (χ1) is 11.7. The first-order valence-corrected chi connectivity index (χ1v) is 8.76. The van der Waals surface area contributed by atoms with Gasteiger partial charge in [-0.1, -0.05) is 37.3 Å². The Morgan fingerprint density at radius 2 is 2.04 bits per heavy atom. The maximum Gasteiger partial charge on any atom is 0.191 e. The van der Waals surface area contributed by atoms with Crippen LogP contribution < -0.4 is 10.6 Å². The van der Waals surface area contributed by atoms with Gasteiger partial charge in [0.15, 0.2) is 5.96 Å². The number of hydrogen-bond donors (Lipinski definition) is 3. The highest BCUT2D eigenvalue weighted by Crippen LogP contribution is 2.14. The van der Waals surface area contributed by atoms with Gasteiger partial charge in [0.2, 0.25) is 0 Å². The molecule has 1 atom stereocenters. The predicted molar refractivity (Wildman–Crippen MR) is 100 cm³/mol. The minimum absolute atomic E-state index is 0.412. The molecule has 24 heavy (non-hydrogen) atoms. The van der Waals surface area contributed by atoms with Crippen LogP contribution in [0.2, 0.25) is 0 Å². The van der Waals surface area contributed by atoms with E-state index in [1.54, 1.807) is 0 Å². The number of aromatic nitrogens is 2. The van der Waals surface area contributed by atoms with E-state index in [0.29, 0.717) is 5.92 Å². The highest BCUT2D eigenvalue weighted by Gasteiger charge is 2.05. The number of aliphatic imine (C=N–C) groups is 1. The van der Waals surface area contributed by atoms with Crippen LogP contribution in [0.3, 0.4) is 0 Å². The van der Waals surface area contributed by atoms with Gasteiger partial charge in [-0.05, 0) is 37.8 Å². The van der Waals surface area contributed by atoms with Gasteiger partial charge in [-0.25, -0.2) is 0 Å². The summed E-state index contributed by atoms with van der Waals surface area (Å²) in [6, 6.07) is 10.5. The van der Waals surface area contributed by atoms with Crippen molar-refractivity contribution in [3.8, 4) is 0 Å². The maximum absolute atomic E-state index is 4.72. The minimum atomic E-state index is 0.412. The van der Waals surface area contributed by atoms with E-state index in [9.17, 15) is 0 Å². The van der Waals surface area contributed by atoms with E-state index in [2.05, 4.69) is 65.9 Å². The Labute approximate surface area is 145 Å². The molecule has 0 saturated carbocycles. The average molecular weight is 327 g/mol. The fourth-order valence-corrected chi connectivity index (χ4v) is 2.57. The fraction of sp³-hybridized carbons (Fsp3) is 0.474. The van der Waals surface area contributed by atoms with Gasteiger partial charge in [0.25, 0.3) is 0 Å². The number of nitrogens with zero attached hydrogens (tertiary/aromatic N) is 2. The molecule has 2 rings (SSSR count). The van der Waals surface area contributed by atoms with Crippen molar-refractivity contribution in [3.63, 3.8) is 0 Å². The third-order valence-corrected chi connectivity index (χ3v) is 4.09. The molecular weight excluding hydrogens is 298 g/mol. The summed E-state index contributed by atoms with van der Waals surface area (Å²) >= 11 is 0. The topological polar surface area (TPSA) is 65.1 Å². The second kappa shape index (κ2) is 9.75. The van der Waals surface area contributed by atoms with Gasteiger partial charge in [-0.3, -0.25) is 10.1 Å². The molecule has 0 bridgehead atoms. The van der Waals surface area contributed by atoms with Crippen LogP contribution in [0.4, 0.5) is 0 Å². The van der Waals surface area contributed by atoms with Crippen LogP contribution in [-0.2, 0) is 6.42 Å². The fourth-order valence-electron chi connectivity index (χ4n) is 2.57. The lowest BCUT2D eigenvalue weighted by Gasteiger charge is -2.13. The molecular formula is C19H29N5. The van der Waals surface area contributed by atoms with Crippen molar-refractivity contribution in [3.05, 3.63) is 53.3 Å². The van der Waals surface area contributed by atoms with Crippen molar-refractivity contribution in [2.24, 2.45) is 4.99 Å². The molecule has 3 N–H and O–H groups in total.